The minimum atomic E-state index is -0.970. The van der Waals surface area contributed by atoms with Crippen LogP contribution in [0.1, 0.15) is 18.2 Å². The maximum Gasteiger partial charge on any atom is 0.344 e. The summed E-state index contributed by atoms with van der Waals surface area (Å²) in [5.74, 6) is -0.272. The van der Waals surface area contributed by atoms with Crippen LogP contribution in [0.4, 0.5) is 0 Å². The smallest absolute Gasteiger partial charge is 0.344 e. The van der Waals surface area contributed by atoms with Gasteiger partial charge in [-0.15, -0.1) is 0 Å². The van der Waals surface area contributed by atoms with E-state index in [0.717, 1.165) is 0 Å². The van der Waals surface area contributed by atoms with E-state index in [0.29, 0.717) is 11.3 Å². The molecule has 124 valence electrons. The number of esters is 1. The third-order valence-electron chi connectivity index (χ3n) is 3.05. The summed E-state index contributed by atoms with van der Waals surface area (Å²) < 4.78 is 15.3. The normalized spacial score (nSPS) is 11.2. The number of nitrogens with one attached hydrogen (secondary N) is 1. The quantitative estimate of drug-likeness (QED) is 0.777. The van der Waals surface area contributed by atoms with Crippen molar-refractivity contribution in [3.8, 4) is 11.8 Å². The van der Waals surface area contributed by atoms with Crippen molar-refractivity contribution in [2.45, 2.75) is 19.6 Å². The summed E-state index contributed by atoms with van der Waals surface area (Å²) in [6.07, 6.45) is 0.531. The van der Waals surface area contributed by atoms with E-state index in [9.17, 15) is 9.59 Å². The average Bonchev–Trinajstić information content (AvgIpc) is 3.11. The molecule has 0 radical (unpaired) electrons. The Hall–Kier alpha value is -3.27. The number of rotatable bonds is 7. The molecule has 1 N–H and O–H groups in total. The van der Waals surface area contributed by atoms with Gasteiger partial charge in [-0.05, 0) is 31.2 Å². The number of carbonyl (C=O) groups excluding carboxylic acids is 2. The van der Waals surface area contributed by atoms with Crippen LogP contribution in [0.5, 0.6) is 5.75 Å². The summed E-state index contributed by atoms with van der Waals surface area (Å²) in [5, 5.41) is 11.5. The predicted octanol–water partition coefficient (Wildman–Crippen LogP) is 1.78. The van der Waals surface area contributed by atoms with Crippen molar-refractivity contribution in [2.75, 3.05) is 6.61 Å². The molecular formula is C17H16N2O5. The molecule has 1 amide bonds. The Balaban J connectivity index is 1.76. The molecule has 0 aliphatic heterocycles. The molecule has 7 heteroatoms. The molecule has 24 heavy (non-hydrogen) atoms. The van der Waals surface area contributed by atoms with Gasteiger partial charge in [0.2, 0.25) is 0 Å². The van der Waals surface area contributed by atoms with E-state index in [1.54, 1.807) is 36.4 Å². The second-order valence-corrected chi connectivity index (χ2v) is 4.83. The summed E-state index contributed by atoms with van der Waals surface area (Å²) in [6.45, 7) is 1.27. The van der Waals surface area contributed by atoms with Crippen LogP contribution in [0.15, 0.2) is 47.1 Å². The first kappa shape index (κ1) is 17.1. The van der Waals surface area contributed by atoms with E-state index in [-0.39, 0.29) is 12.3 Å². The molecule has 0 aliphatic carbocycles. The Labute approximate surface area is 138 Å². The van der Waals surface area contributed by atoms with Crippen molar-refractivity contribution in [2.24, 2.45) is 0 Å². The first-order valence-electron chi connectivity index (χ1n) is 7.21. The van der Waals surface area contributed by atoms with Crippen LogP contribution in [0.2, 0.25) is 0 Å². The summed E-state index contributed by atoms with van der Waals surface area (Å²) in [6, 6.07) is 11.9. The summed E-state index contributed by atoms with van der Waals surface area (Å²) in [4.78, 5) is 23.6. The first-order valence-corrected chi connectivity index (χ1v) is 7.21. The zero-order valence-corrected chi connectivity index (χ0v) is 13.0. The SMILES string of the molecule is C[C@H](OC(=O)COc1ccccc1C#N)C(=O)NCc1ccco1. The van der Waals surface area contributed by atoms with Crippen molar-refractivity contribution in [3.63, 3.8) is 0 Å². The van der Waals surface area contributed by atoms with E-state index in [1.165, 1.54) is 13.2 Å². The van der Waals surface area contributed by atoms with Crippen LogP contribution in [0.25, 0.3) is 0 Å². The van der Waals surface area contributed by atoms with Crippen LogP contribution in [-0.4, -0.2) is 24.6 Å². The molecule has 0 aliphatic rings. The zero-order chi connectivity index (χ0) is 17.4. The summed E-state index contributed by atoms with van der Waals surface area (Å²) in [7, 11) is 0. The van der Waals surface area contributed by atoms with Gasteiger partial charge in [-0.3, -0.25) is 4.79 Å². The zero-order valence-electron chi connectivity index (χ0n) is 13.0. The Morgan fingerprint density at radius 3 is 2.79 bits per heavy atom. The second-order valence-electron chi connectivity index (χ2n) is 4.83. The minimum absolute atomic E-state index is 0.208. The molecular weight excluding hydrogens is 312 g/mol. The number of hydrogen-bond acceptors (Lipinski definition) is 6. The molecule has 0 spiro atoms. The highest BCUT2D eigenvalue weighted by atomic mass is 16.6. The van der Waals surface area contributed by atoms with Gasteiger partial charge in [-0.25, -0.2) is 4.79 Å². The molecule has 1 heterocycles. The third-order valence-corrected chi connectivity index (χ3v) is 3.05. The molecule has 0 bridgehead atoms. The lowest BCUT2D eigenvalue weighted by Gasteiger charge is -2.13. The molecule has 1 aromatic heterocycles. The van der Waals surface area contributed by atoms with Gasteiger partial charge in [0.25, 0.3) is 5.91 Å². The molecule has 0 saturated carbocycles. The maximum absolute atomic E-state index is 11.8. The van der Waals surface area contributed by atoms with Gasteiger partial charge in [-0.1, -0.05) is 12.1 Å². The lowest BCUT2D eigenvalue weighted by molar-refractivity contribution is -0.156. The van der Waals surface area contributed by atoms with E-state index >= 15 is 0 Å². The molecule has 0 fully saturated rings. The van der Waals surface area contributed by atoms with Gasteiger partial charge in [0.05, 0.1) is 18.4 Å². The number of ether oxygens (including phenoxy) is 2. The monoisotopic (exact) mass is 328 g/mol. The average molecular weight is 328 g/mol. The van der Waals surface area contributed by atoms with Crippen LogP contribution in [0.3, 0.4) is 0 Å². The van der Waals surface area contributed by atoms with E-state index in [2.05, 4.69) is 5.32 Å². The van der Waals surface area contributed by atoms with Gasteiger partial charge >= 0.3 is 5.97 Å². The Kier molecular flexibility index (Phi) is 5.97. The molecule has 2 rings (SSSR count). The predicted molar refractivity (Wildman–Crippen MR) is 82.8 cm³/mol. The maximum atomic E-state index is 11.8. The van der Waals surface area contributed by atoms with Crippen molar-refractivity contribution in [1.82, 2.24) is 5.32 Å². The van der Waals surface area contributed by atoms with Gasteiger partial charge in [-0.2, -0.15) is 5.26 Å². The van der Waals surface area contributed by atoms with Crippen LogP contribution < -0.4 is 10.1 Å². The largest absolute Gasteiger partial charge is 0.481 e. The number of para-hydroxylation sites is 1. The molecule has 0 saturated heterocycles. The fourth-order valence-corrected chi connectivity index (χ4v) is 1.84. The van der Waals surface area contributed by atoms with E-state index in [1.807, 2.05) is 6.07 Å². The van der Waals surface area contributed by atoms with E-state index < -0.39 is 24.6 Å². The van der Waals surface area contributed by atoms with Crippen molar-refractivity contribution in [3.05, 3.63) is 54.0 Å². The van der Waals surface area contributed by atoms with Gasteiger partial charge in [0.15, 0.2) is 12.7 Å². The van der Waals surface area contributed by atoms with Crippen LogP contribution in [0, 0.1) is 11.3 Å². The van der Waals surface area contributed by atoms with Crippen molar-refractivity contribution < 1.29 is 23.5 Å². The highest BCUT2D eigenvalue weighted by molar-refractivity contribution is 5.83. The topological polar surface area (TPSA) is 102 Å². The fraction of sp³-hybridized carbons (Fsp3) is 0.235. The molecule has 0 unspecified atom stereocenters. The highest BCUT2D eigenvalue weighted by Gasteiger charge is 2.18. The van der Waals surface area contributed by atoms with Crippen molar-refractivity contribution >= 4 is 11.9 Å². The number of nitriles is 1. The van der Waals surface area contributed by atoms with Crippen LogP contribution in [-0.2, 0) is 20.9 Å². The Morgan fingerprint density at radius 1 is 1.29 bits per heavy atom. The fourth-order valence-electron chi connectivity index (χ4n) is 1.84. The molecule has 1 atom stereocenters. The number of nitrogens with zero attached hydrogens (tertiary/aromatic N) is 1. The number of furan rings is 1. The Morgan fingerprint density at radius 2 is 2.08 bits per heavy atom. The molecule has 1 aromatic carbocycles. The first-order chi connectivity index (χ1) is 11.6. The second kappa shape index (κ2) is 8.39. The number of hydrogen-bond donors (Lipinski definition) is 1. The molecule has 7 nitrogen and oxygen atoms in total. The summed E-state index contributed by atoms with van der Waals surface area (Å²) >= 11 is 0. The van der Waals surface area contributed by atoms with Gasteiger partial charge in [0.1, 0.15) is 17.6 Å². The number of benzene rings is 1. The van der Waals surface area contributed by atoms with Crippen LogP contribution >= 0.6 is 0 Å². The van der Waals surface area contributed by atoms with Gasteiger partial charge in [0, 0.05) is 0 Å². The minimum Gasteiger partial charge on any atom is -0.481 e. The molecule has 2 aromatic rings. The lowest BCUT2D eigenvalue weighted by Crippen LogP contribution is -2.36. The Bertz CT molecular complexity index is 734. The standard InChI is InChI=1S/C17H16N2O5/c1-12(17(21)19-10-14-6-4-8-22-14)24-16(20)11-23-15-7-3-2-5-13(15)9-18/h2-8,12H,10-11H2,1H3,(H,19,21)/t12-/m0/s1. The van der Waals surface area contributed by atoms with E-state index in [4.69, 9.17) is 19.2 Å². The third kappa shape index (κ3) is 4.88. The summed E-state index contributed by atoms with van der Waals surface area (Å²) in [5.41, 5.74) is 0.314. The number of carbonyl (C=O) groups is 2. The van der Waals surface area contributed by atoms with Gasteiger partial charge < -0.3 is 19.2 Å². The lowest BCUT2D eigenvalue weighted by atomic mass is 10.2. The highest BCUT2D eigenvalue weighted by Crippen LogP contribution is 2.16. The van der Waals surface area contributed by atoms with Crippen molar-refractivity contribution in [1.29, 1.82) is 5.26 Å². The number of amides is 1.